The molecule has 0 radical (unpaired) electrons. The molecule has 0 aliphatic heterocycles. The maximum atomic E-state index is 5.76. The van der Waals surface area contributed by atoms with E-state index in [1.54, 1.807) is 0 Å². The van der Waals surface area contributed by atoms with Gasteiger partial charge in [0.05, 0.1) is 6.61 Å². The van der Waals surface area contributed by atoms with Crippen LogP contribution < -0.4 is 14.8 Å². The van der Waals surface area contributed by atoms with Crippen LogP contribution >= 0.6 is 0 Å². The second-order valence-electron chi connectivity index (χ2n) is 5.36. The van der Waals surface area contributed by atoms with Gasteiger partial charge in [-0.1, -0.05) is 32.8 Å². The van der Waals surface area contributed by atoms with Gasteiger partial charge in [-0.25, -0.2) is 0 Å². The molecule has 3 heteroatoms. The lowest BCUT2D eigenvalue weighted by atomic mass is 10.1. The van der Waals surface area contributed by atoms with E-state index in [1.807, 2.05) is 19.1 Å². The van der Waals surface area contributed by atoms with Gasteiger partial charge in [-0.15, -0.1) is 5.92 Å². The van der Waals surface area contributed by atoms with E-state index in [1.165, 1.54) is 0 Å². The van der Waals surface area contributed by atoms with Crippen molar-refractivity contribution in [1.82, 2.24) is 5.32 Å². The minimum Gasteiger partial charge on any atom is -0.493 e. The Kier molecular flexibility index (Phi) is 8.38. The van der Waals surface area contributed by atoms with Crippen LogP contribution in [0, 0.1) is 17.8 Å². The zero-order valence-corrected chi connectivity index (χ0v) is 13.7. The van der Waals surface area contributed by atoms with E-state index in [9.17, 15) is 0 Å². The molecule has 21 heavy (non-hydrogen) atoms. The highest BCUT2D eigenvalue weighted by Gasteiger charge is 2.06. The minimum absolute atomic E-state index is 0.408. The zero-order valence-electron chi connectivity index (χ0n) is 13.7. The van der Waals surface area contributed by atoms with E-state index >= 15 is 0 Å². The predicted octanol–water partition coefficient (Wildman–Crippen LogP) is 3.62. The Morgan fingerprint density at radius 2 is 2.05 bits per heavy atom. The lowest BCUT2D eigenvalue weighted by molar-refractivity contribution is 0.311. The van der Waals surface area contributed by atoms with E-state index in [4.69, 9.17) is 9.47 Å². The van der Waals surface area contributed by atoms with Crippen molar-refractivity contribution in [2.24, 2.45) is 5.92 Å². The van der Waals surface area contributed by atoms with Gasteiger partial charge in [-0.05, 0) is 31.9 Å². The lowest BCUT2D eigenvalue weighted by Gasteiger charge is -2.14. The van der Waals surface area contributed by atoms with Crippen molar-refractivity contribution in [3.05, 3.63) is 23.8 Å². The molecule has 1 aromatic carbocycles. The molecule has 0 amide bonds. The van der Waals surface area contributed by atoms with Crippen LogP contribution in [-0.2, 0) is 6.54 Å². The van der Waals surface area contributed by atoms with Crippen LogP contribution in [0.3, 0.4) is 0 Å². The normalized spacial score (nSPS) is 10.1. The van der Waals surface area contributed by atoms with Gasteiger partial charge < -0.3 is 14.8 Å². The molecule has 0 spiro atoms. The summed E-state index contributed by atoms with van der Waals surface area (Å²) < 4.78 is 11.4. The molecule has 0 fully saturated rings. The molecule has 3 nitrogen and oxygen atoms in total. The van der Waals surface area contributed by atoms with Crippen LogP contribution in [0.1, 0.15) is 39.7 Å². The maximum Gasteiger partial charge on any atom is 0.149 e. The number of benzene rings is 1. The summed E-state index contributed by atoms with van der Waals surface area (Å²) >= 11 is 0. The first-order valence-electron chi connectivity index (χ1n) is 7.66. The number of rotatable bonds is 9. The Labute approximate surface area is 129 Å². The fourth-order valence-electron chi connectivity index (χ4n) is 1.81. The lowest BCUT2D eigenvalue weighted by Crippen LogP contribution is -2.19. The summed E-state index contributed by atoms with van der Waals surface area (Å²) in [6.07, 6.45) is 0.995. The van der Waals surface area contributed by atoms with Gasteiger partial charge in [-0.2, -0.15) is 0 Å². The molecular weight excluding hydrogens is 262 g/mol. The largest absolute Gasteiger partial charge is 0.493 e. The molecule has 0 aliphatic carbocycles. The molecule has 0 atom stereocenters. The first kappa shape index (κ1) is 17.4. The second kappa shape index (κ2) is 10.1. The molecule has 0 unspecified atom stereocenters. The molecule has 0 aromatic heterocycles. The van der Waals surface area contributed by atoms with Gasteiger partial charge in [-0.3, -0.25) is 0 Å². The Morgan fingerprint density at radius 3 is 2.71 bits per heavy atom. The fourth-order valence-corrected chi connectivity index (χ4v) is 1.81. The number of hydrogen-bond donors (Lipinski definition) is 1. The van der Waals surface area contributed by atoms with E-state index < -0.39 is 0 Å². The Balaban J connectivity index is 2.74. The third kappa shape index (κ3) is 7.06. The molecule has 116 valence electrons. The Hall–Kier alpha value is -1.66. The Bertz CT molecular complexity index is 472. The highest BCUT2D eigenvalue weighted by Crippen LogP contribution is 2.25. The monoisotopic (exact) mass is 289 g/mol. The molecule has 0 bridgehead atoms. The predicted molar refractivity (Wildman–Crippen MR) is 87.7 cm³/mol. The maximum absolute atomic E-state index is 5.76. The van der Waals surface area contributed by atoms with Crippen LogP contribution in [0.25, 0.3) is 0 Å². The molecule has 1 aromatic rings. The Morgan fingerprint density at radius 1 is 1.24 bits per heavy atom. The van der Waals surface area contributed by atoms with Gasteiger partial charge in [0.1, 0.15) is 18.1 Å². The SMILES string of the molecule is CC#CCOc1cc(OCCC)ccc1CNCC(C)C. The number of ether oxygens (including phenoxy) is 2. The highest BCUT2D eigenvalue weighted by molar-refractivity contribution is 5.41. The summed E-state index contributed by atoms with van der Waals surface area (Å²) in [5.74, 6) is 8.10. The van der Waals surface area contributed by atoms with Gasteiger partial charge in [0.2, 0.25) is 0 Å². The molecular formula is C18H27NO2. The fraction of sp³-hybridized carbons (Fsp3) is 0.556. The summed E-state index contributed by atoms with van der Waals surface area (Å²) in [7, 11) is 0. The van der Waals surface area contributed by atoms with Crippen LogP contribution in [-0.4, -0.2) is 19.8 Å². The van der Waals surface area contributed by atoms with Crippen molar-refractivity contribution < 1.29 is 9.47 Å². The van der Waals surface area contributed by atoms with Gasteiger partial charge in [0, 0.05) is 18.2 Å². The highest BCUT2D eigenvalue weighted by atomic mass is 16.5. The summed E-state index contributed by atoms with van der Waals surface area (Å²) in [6, 6.07) is 6.02. The van der Waals surface area contributed by atoms with Gasteiger partial charge in [0.15, 0.2) is 0 Å². The average molecular weight is 289 g/mol. The van der Waals surface area contributed by atoms with Crippen molar-refractivity contribution in [3.63, 3.8) is 0 Å². The zero-order chi connectivity index (χ0) is 15.5. The number of nitrogens with one attached hydrogen (secondary N) is 1. The molecule has 1 N–H and O–H groups in total. The smallest absolute Gasteiger partial charge is 0.149 e. The number of hydrogen-bond acceptors (Lipinski definition) is 3. The first-order valence-corrected chi connectivity index (χ1v) is 7.66. The summed E-state index contributed by atoms with van der Waals surface area (Å²) in [4.78, 5) is 0. The van der Waals surface area contributed by atoms with E-state index in [-0.39, 0.29) is 0 Å². The molecule has 0 saturated heterocycles. The summed E-state index contributed by atoms with van der Waals surface area (Å²) in [6.45, 7) is 11.2. The van der Waals surface area contributed by atoms with Crippen molar-refractivity contribution >= 4 is 0 Å². The van der Waals surface area contributed by atoms with E-state index in [2.05, 4.69) is 44.0 Å². The molecule has 0 aliphatic rings. The third-order valence-electron chi connectivity index (χ3n) is 2.86. The third-order valence-corrected chi connectivity index (χ3v) is 2.86. The van der Waals surface area contributed by atoms with E-state index in [0.29, 0.717) is 12.5 Å². The quantitative estimate of drug-likeness (QED) is 0.704. The first-order chi connectivity index (χ1) is 10.2. The standard InChI is InChI=1S/C18H27NO2/c1-5-7-11-21-18-12-17(20-10-6-2)9-8-16(18)14-19-13-15(3)4/h8-9,12,15,19H,6,10-11,13-14H2,1-4H3. The van der Waals surface area contributed by atoms with Crippen molar-refractivity contribution in [3.8, 4) is 23.3 Å². The van der Waals surface area contributed by atoms with Crippen LogP contribution in [0.2, 0.25) is 0 Å². The second-order valence-corrected chi connectivity index (χ2v) is 5.36. The molecule has 0 saturated carbocycles. The van der Waals surface area contributed by atoms with Crippen LogP contribution in [0.4, 0.5) is 0 Å². The van der Waals surface area contributed by atoms with Gasteiger partial charge >= 0.3 is 0 Å². The van der Waals surface area contributed by atoms with Crippen LogP contribution in [0.5, 0.6) is 11.5 Å². The van der Waals surface area contributed by atoms with Crippen molar-refractivity contribution in [2.45, 2.75) is 40.7 Å². The van der Waals surface area contributed by atoms with E-state index in [0.717, 1.165) is 43.2 Å². The summed E-state index contributed by atoms with van der Waals surface area (Å²) in [5, 5.41) is 3.44. The van der Waals surface area contributed by atoms with Crippen molar-refractivity contribution in [2.75, 3.05) is 19.8 Å². The van der Waals surface area contributed by atoms with Crippen molar-refractivity contribution in [1.29, 1.82) is 0 Å². The molecule has 0 heterocycles. The molecule has 1 rings (SSSR count). The summed E-state index contributed by atoms with van der Waals surface area (Å²) in [5.41, 5.74) is 1.14. The topological polar surface area (TPSA) is 30.5 Å². The minimum atomic E-state index is 0.408. The average Bonchev–Trinajstić information content (AvgIpc) is 2.46. The van der Waals surface area contributed by atoms with Gasteiger partial charge in [0.25, 0.3) is 0 Å². The van der Waals surface area contributed by atoms with Crippen LogP contribution in [0.15, 0.2) is 18.2 Å².